The Morgan fingerprint density at radius 3 is 2.08 bits per heavy atom. The number of benzene rings is 2. The Hall–Kier alpha value is -2.38. The molecule has 0 aliphatic carbocycles. The number of para-hydroxylation sites is 1. The van der Waals surface area contributed by atoms with E-state index in [9.17, 15) is 14.9 Å². The topological polar surface area (TPSA) is 101 Å². The number of rotatable bonds is 3. The number of thioether (sulfide) groups is 1. The quantitative estimate of drug-likeness (QED) is 0.628. The molecule has 2 aromatic carbocycles. The Kier molecular flexibility index (Phi) is 8.66. The summed E-state index contributed by atoms with van der Waals surface area (Å²) in [6, 6.07) is 13.0. The van der Waals surface area contributed by atoms with Crippen molar-refractivity contribution in [3.8, 4) is 0 Å². The molecule has 0 fully saturated rings. The normalized spacial score (nSPS) is 10.8. The maximum atomic E-state index is 10.7. The molecule has 2 aliphatic heterocycles. The van der Waals surface area contributed by atoms with Gasteiger partial charge in [0.05, 0.1) is 4.92 Å². The Balaban J connectivity index is 0.000000237. The first-order valence-electron chi connectivity index (χ1n) is 7.76. The van der Waals surface area contributed by atoms with E-state index in [1.807, 2.05) is 11.8 Å². The molecule has 25 heavy (non-hydrogen) atoms. The number of carboxylic acid groups (broad SMARTS) is 1. The minimum absolute atomic E-state index is 0.250. The summed E-state index contributed by atoms with van der Waals surface area (Å²) in [6.45, 7) is 3.67. The van der Waals surface area contributed by atoms with Gasteiger partial charge in [-0.05, 0) is 37.1 Å². The van der Waals surface area contributed by atoms with Crippen LogP contribution in [0.1, 0.15) is 35.3 Å². The van der Waals surface area contributed by atoms with Gasteiger partial charge in [-0.15, -0.1) is 11.8 Å². The fourth-order valence-electron chi connectivity index (χ4n) is 2.11. The molecular weight excluding hydrogens is 342 g/mol. The molecule has 0 aromatic heterocycles. The highest BCUT2D eigenvalue weighted by Crippen LogP contribution is 2.28. The standard InChI is InChI=1S/C9H9NO4.C7H6S.C2H6O/c1-2-6-4-3-5-7(9(11)12)8(6)10(13)14;1-3-7-4-2-6(1)5-8-7;1-2-3/h3-5H,2H2,1H3,(H,11,12);1-4H,5H2;3H,2H2,1H3. The van der Waals surface area contributed by atoms with Gasteiger partial charge in [-0.1, -0.05) is 31.2 Å². The largest absolute Gasteiger partial charge is 0.477 e. The predicted molar refractivity (Wildman–Crippen MR) is 98.2 cm³/mol. The summed E-state index contributed by atoms with van der Waals surface area (Å²) in [5.41, 5.74) is 1.33. The van der Waals surface area contributed by atoms with Crippen molar-refractivity contribution >= 4 is 23.4 Å². The smallest absolute Gasteiger partial charge is 0.342 e. The van der Waals surface area contributed by atoms with E-state index >= 15 is 0 Å². The Bertz CT molecular complexity index is 693. The van der Waals surface area contributed by atoms with Crippen LogP contribution in [0.2, 0.25) is 0 Å². The number of nitro groups is 1. The number of hydrogen-bond donors (Lipinski definition) is 2. The van der Waals surface area contributed by atoms with Crippen molar-refractivity contribution in [1.82, 2.24) is 0 Å². The third kappa shape index (κ3) is 6.21. The van der Waals surface area contributed by atoms with Gasteiger partial charge in [0.15, 0.2) is 0 Å². The number of aromatic carboxylic acids is 1. The Morgan fingerprint density at radius 1 is 1.20 bits per heavy atom. The zero-order chi connectivity index (χ0) is 18.8. The van der Waals surface area contributed by atoms with E-state index in [1.54, 1.807) is 19.9 Å². The zero-order valence-electron chi connectivity index (χ0n) is 14.1. The number of carbonyl (C=O) groups is 1. The molecule has 0 saturated heterocycles. The van der Waals surface area contributed by atoms with E-state index in [4.69, 9.17) is 10.2 Å². The van der Waals surface area contributed by atoms with Crippen molar-refractivity contribution in [2.24, 2.45) is 0 Å². The molecular formula is C18H21NO5S. The van der Waals surface area contributed by atoms with Gasteiger partial charge in [0.25, 0.3) is 5.69 Å². The molecule has 2 bridgehead atoms. The summed E-state index contributed by atoms with van der Waals surface area (Å²) >= 11 is 1.92. The highest BCUT2D eigenvalue weighted by Gasteiger charge is 2.22. The lowest BCUT2D eigenvalue weighted by molar-refractivity contribution is -0.385. The van der Waals surface area contributed by atoms with Gasteiger partial charge in [-0.3, -0.25) is 10.1 Å². The van der Waals surface area contributed by atoms with Gasteiger partial charge in [-0.2, -0.15) is 0 Å². The molecule has 2 heterocycles. The number of fused-ring (bicyclic) bond motifs is 3. The van der Waals surface area contributed by atoms with Crippen LogP contribution in [-0.4, -0.2) is 27.7 Å². The summed E-state index contributed by atoms with van der Waals surface area (Å²) in [6.07, 6.45) is 0.442. The van der Waals surface area contributed by atoms with Crippen molar-refractivity contribution in [3.05, 3.63) is 69.3 Å². The van der Waals surface area contributed by atoms with Crippen LogP contribution >= 0.6 is 11.8 Å². The lowest BCUT2D eigenvalue weighted by atomic mass is 10.1. The van der Waals surface area contributed by atoms with Gasteiger partial charge >= 0.3 is 5.97 Å². The van der Waals surface area contributed by atoms with E-state index in [2.05, 4.69) is 24.3 Å². The van der Waals surface area contributed by atoms with E-state index in [0.717, 1.165) is 0 Å². The van der Waals surface area contributed by atoms with Crippen LogP contribution < -0.4 is 0 Å². The third-order valence-electron chi connectivity index (χ3n) is 3.24. The summed E-state index contributed by atoms with van der Waals surface area (Å²) in [5.74, 6) is -0.0884. The molecule has 2 aromatic rings. The number of hydrogen-bond acceptors (Lipinski definition) is 5. The molecule has 7 heteroatoms. The number of nitrogens with zero attached hydrogens (tertiary/aromatic N) is 1. The fourth-order valence-corrected chi connectivity index (χ4v) is 2.97. The van der Waals surface area contributed by atoms with Crippen LogP contribution in [0.5, 0.6) is 0 Å². The van der Waals surface area contributed by atoms with Crippen molar-refractivity contribution in [1.29, 1.82) is 0 Å². The van der Waals surface area contributed by atoms with Crippen LogP contribution in [0, 0.1) is 10.1 Å². The van der Waals surface area contributed by atoms with Gasteiger partial charge in [0.2, 0.25) is 0 Å². The first-order chi connectivity index (χ1) is 11.9. The summed E-state index contributed by atoms with van der Waals surface area (Å²) in [7, 11) is 0. The van der Waals surface area contributed by atoms with Crippen molar-refractivity contribution < 1.29 is 19.9 Å². The summed E-state index contributed by atoms with van der Waals surface area (Å²) in [5, 5.41) is 26.9. The predicted octanol–water partition coefficient (Wildman–Crippen LogP) is 4.15. The van der Waals surface area contributed by atoms with Gasteiger partial charge in [-0.25, -0.2) is 4.79 Å². The minimum Gasteiger partial charge on any atom is -0.477 e. The molecule has 0 spiro atoms. The van der Waals surface area contributed by atoms with Crippen LogP contribution in [0.4, 0.5) is 5.69 Å². The second-order valence-corrected chi connectivity index (χ2v) is 6.03. The zero-order valence-corrected chi connectivity index (χ0v) is 15.0. The molecule has 0 radical (unpaired) electrons. The van der Waals surface area contributed by atoms with E-state index in [0.29, 0.717) is 12.0 Å². The summed E-state index contributed by atoms with van der Waals surface area (Å²) in [4.78, 5) is 22.1. The molecule has 134 valence electrons. The van der Waals surface area contributed by atoms with Crippen molar-refractivity contribution in [2.45, 2.75) is 30.9 Å². The van der Waals surface area contributed by atoms with Crippen LogP contribution in [0.25, 0.3) is 0 Å². The summed E-state index contributed by atoms with van der Waals surface area (Å²) < 4.78 is 0. The minimum atomic E-state index is -1.27. The highest BCUT2D eigenvalue weighted by atomic mass is 32.2. The van der Waals surface area contributed by atoms with Crippen molar-refractivity contribution in [2.75, 3.05) is 6.61 Å². The molecule has 0 unspecified atom stereocenters. The third-order valence-corrected chi connectivity index (χ3v) is 4.33. The van der Waals surface area contributed by atoms with E-state index in [1.165, 1.54) is 28.3 Å². The lowest BCUT2D eigenvalue weighted by Gasteiger charge is -2.08. The first kappa shape index (κ1) is 20.7. The lowest BCUT2D eigenvalue weighted by Crippen LogP contribution is -2.05. The second kappa shape index (κ2) is 10.5. The SMILES string of the molecule is CCO.CCc1cccc(C(=O)O)c1[N+](=O)[O-].c1cc2ccc1CS2. The van der Waals surface area contributed by atoms with Gasteiger partial charge in [0.1, 0.15) is 5.56 Å². The highest BCUT2D eigenvalue weighted by molar-refractivity contribution is 7.98. The molecule has 0 atom stereocenters. The Labute approximate surface area is 150 Å². The van der Waals surface area contributed by atoms with Crippen LogP contribution in [-0.2, 0) is 12.2 Å². The number of nitro benzene ring substituents is 1. The number of carboxylic acids is 1. The van der Waals surface area contributed by atoms with Gasteiger partial charge in [0, 0.05) is 22.8 Å². The first-order valence-corrected chi connectivity index (χ1v) is 8.75. The number of aliphatic hydroxyl groups excluding tert-OH is 1. The van der Waals surface area contributed by atoms with E-state index < -0.39 is 10.9 Å². The average Bonchev–Trinajstić information content (AvgIpc) is 2.63. The molecule has 6 nitrogen and oxygen atoms in total. The molecule has 4 rings (SSSR count). The number of aryl methyl sites for hydroxylation is 1. The maximum absolute atomic E-state index is 10.7. The second-order valence-electron chi connectivity index (χ2n) is 4.98. The van der Waals surface area contributed by atoms with Crippen molar-refractivity contribution in [3.63, 3.8) is 0 Å². The fraction of sp³-hybridized carbons (Fsp3) is 0.278. The Morgan fingerprint density at radius 2 is 1.80 bits per heavy atom. The van der Waals surface area contributed by atoms with Gasteiger partial charge < -0.3 is 10.2 Å². The molecule has 2 N–H and O–H groups in total. The monoisotopic (exact) mass is 363 g/mol. The number of aliphatic hydroxyl groups is 1. The van der Waals surface area contributed by atoms with Crippen LogP contribution in [0.15, 0.2) is 47.4 Å². The van der Waals surface area contributed by atoms with E-state index in [-0.39, 0.29) is 17.9 Å². The average molecular weight is 363 g/mol. The van der Waals surface area contributed by atoms with Crippen LogP contribution in [0.3, 0.4) is 0 Å². The molecule has 0 saturated carbocycles. The molecule has 0 amide bonds. The molecule has 2 aliphatic rings. The maximum Gasteiger partial charge on any atom is 0.342 e.